The zero-order valence-corrected chi connectivity index (χ0v) is 19.7. The number of benzene rings is 2. The number of hydrogen-bond acceptors (Lipinski definition) is 7. The smallest absolute Gasteiger partial charge is 0.371 e. The lowest BCUT2D eigenvalue weighted by Crippen LogP contribution is -2.54. The fourth-order valence-electron chi connectivity index (χ4n) is 3.75. The average Bonchev–Trinajstić information content (AvgIpc) is 3.29. The van der Waals surface area contributed by atoms with Gasteiger partial charge in [0.1, 0.15) is 17.9 Å². The molecule has 1 aliphatic heterocycles. The summed E-state index contributed by atoms with van der Waals surface area (Å²) in [6.45, 7) is 3.65. The standard InChI is InChI=1S/C26H22N2O8/c1-14-8-15(2)10-17(9-14)28-24(30)19(23(29)27-26(28)33)11-16-4-6-20(22(12-16)34-3)35-13-18-5-7-21(36-18)25(31)32/h4-12H,13H2,1-3H3,(H,31,32)(H,27,29,33). The molecule has 3 aromatic rings. The number of carbonyl (C=O) groups excluding carboxylic acids is 3. The van der Waals surface area contributed by atoms with E-state index in [0.717, 1.165) is 16.0 Å². The molecule has 0 spiro atoms. The van der Waals surface area contributed by atoms with E-state index in [2.05, 4.69) is 5.32 Å². The molecular formula is C26H22N2O8. The van der Waals surface area contributed by atoms with Gasteiger partial charge < -0.3 is 19.0 Å². The summed E-state index contributed by atoms with van der Waals surface area (Å²) in [5, 5.41) is 11.2. The van der Waals surface area contributed by atoms with E-state index in [1.54, 1.807) is 30.3 Å². The number of ether oxygens (including phenoxy) is 2. The minimum atomic E-state index is -1.18. The maximum atomic E-state index is 13.2. The van der Waals surface area contributed by atoms with Crippen molar-refractivity contribution >= 4 is 35.6 Å². The Balaban J connectivity index is 1.59. The van der Waals surface area contributed by atoms with Crippen molar-refractivity contribution in [3.63, 3.8) is 0 Å². The van der Waals surface area contributed by atoms with E-state index >= 15 is 0 Å². The van der Waals surface area contributed by atoms with Gasteiger partial charge in [0.15, 0.2) is 11.5 Å². The van der Waals surface area contributed by atoms with Gasteiger partial charge in [-0.15, -0.1) is 0 Å². The van der Waals surface area contributed by atoms with Crippen LogP contribution in [0.4, 0.5) is 10.5 Å². The molecule has 10 nitrogen and oxygen atoms in total. The molecular weight excluding hydrogens is 468 g/mol. The second-order valence-electron chi connectivity index (χ2n) is 8.07. The molecule has 0 bridgehead atoms. The number of aryl methyl sites for hydroxylation is 2. The maximum Gasteiger partial charge on any atom is 0.371 e. The molecule has 1 aromatic heterocycles. The first-order chi connectivity index (χ1) is 17.2. The van der Waals surface area contributed by atoms with Crippen LogP contribution in [0.25, 0.3) is 6.08 Å². The van der Waals surface area contributed by atoms with Crippen LogP contribution in [0.3, 0.4) is 0 Å². The van der Waals surface area contributed by atoms with E-state index in [9.17, 15) is 19.2 Å². The fourth-order valence-corrected chi connectivity index (χ4v) is 3.75. The van der Waals surface area contributed by atoms with Gasteiger partial charge in [-0.1, -0.05) is 12.1 Å². The van der Waals surface area contributed by atoms with Gasteiger partial charge in [0.2, 0.25) is 5.76 Å². The molecule has 4 amide bonds. The van der Waals surface area contributed by atoms with E-state index < -0.39 is 23.8 Å². The first kappa shape index (κ1) is 24.3. The molecule has 36 heavy (non-hydrogen) atoms. The van der Waals surface area contributed by atoms with Gasteiger partial charge in [0.05, 0.1) is 12.8 Å². The number of aromatic carboxylic acids is 1. The summed E-state index contributed by atoms with van der Waals surface area (Å²) in [5.74, 6) is -2.00. The Kier molecular flexibility index (Phi) is 6.60. The largest absolute Gasteiger partial charge is 0.493 e. The number of carbonyl (C=O) groups is 4. The van der Waals surface area contributed by atoms with Crippen molar-refractivity contribution in [3.8, 4) is 11.5 Å². The number of carboxylic acids is 1. The van der Waals surface area contributed by atoms with Gasteiger partial charge >= 0.3 is 12.0 Å². The topological polar surface area (TPSA) is 135 Å². The third-order valence-corrected chi connectivity index (χ3v) is 5.31. The molecule has 10 heteroatoms. The third-order valence-electron chi connectivity index (χ3n) is 5.31. The van der Waals surface area contributed by atoms with Gasteiger partial charge in [-0.2, -0.15) is 0 Å². The highest BCUT2D eigenvalue weighted by Gasteiger charge is 2.37. The van der Waals surface area contributed by atoms with Crippen molar-refractivity contribution in [1.29, 1.82) is 0 Å². The highest BCUT2D eigenvalue weighted by atomic mass is 16.5. The zero-order chi connectivity index (χ0) is 26.0. The number of urea groups is 1. The van der Waals surface area contributed by atoms with E-state index in [-0.39, 0.29) is 17.9 Å². The van der Waals surface area contributed by atoms with E-state index in [0.29, 0.717) is 28.5 Å². The minimum Gasteiger partial charge on any atom is -0.493 e. The number of nitrogens with zero attached hydrogens (tertiary/aromatic N) is 1. The number of amides is 4. The summed E-state index contributed by atoms with van der Waals surface area (Å²) in [6, 6.07) is 12.0. The first-order valence-corrected chi connectivity index (χ1v) is 10.8. The molecule has 0 aliphatic carbocycles. The Labute approximate surface area is 205 Å². The lowest BCUT2D eigenvalue weighted by Gasteiger charge is -2.27. The Morgan fingerprint density at radius 3 is 2.39 bits per heavy atom. The Morgan fingerprint density at radius 1 is 1.03 bits per heavy atom. The molecule has 1 fully saturated rings. The molecule has 2 N–H and O–H groups in total. The maximum absolute atomic E-state index is 13.2. The highest BCUT2D eigenvalue weighted by Crippen LogP contribution is 2.31. The van der Waals surface area contributed by atoms with Crippen molar-refractivity contribution in [2.24, 2.45) is 0 Å². The molecule has 184 valence electrons. The predicted molar refractivity (Wildman–Crippen MR) is 128 cm³/mol. The van der Waals surface area contributed by atoms with Crippen LogP contribution in [0.2, 0.25) is 0 Å². The van der Waals surface area contributed by atoms with Crippen molar-refractivity contribution in [1.82, 2.24) is 5.32 Å². The Hall–Kier alpha value is -4.86. The fraction of sp³-hybridized carbons (Fsp3) is 0.154. The van der Waals surface area contributed by atoms with Crippen molar-refractivity contribution in [2.75, 3.05) is 12.0 Å². The Morgan fingerprint density at radius 2 is 1.75 bits per heavy atom. The third kappa shape index (κ3) is 4.97. The molecule has 0 radical (unpaired) electrons. The number of hydrogen-bond donors (Lipinski definition) is 2. The molecule has 1 aliphatic rings. The van der Waals surface area contributed by atoms with E-state index in [4.69, 9.17) is 19.0 Å². The minimum absolute atomic E-state index is 0.0437. The van der Waals surface area contributed by atoms with Crippen molar-refractivity contribution in [2.45, 2.75) is 20.5 Å². The summed E-state index contributed by atoms with van der Waals surface area (Å²) in [4.78, 5) is 50.0. The lowest BCUT2D eigenvalue weighted by atomic mass is 10.0. The van der Waals surface area contributed by atoms with Crippen LogP contribution in [0.1, 0.15) is 33.0 Å². The summed E-state index contributed by atoms with van der Waals surface area (Å²) in [5.41, 5.74) is 2.32. The molecule has 0 saturated carbocycles. The van der Waals surface area contributed by atoms with Gasteiger partial charge in [-0.3, -0.25) is 14.9 Å². The van der Waals surface area contributed by atoms with Crippen molar-refractivity contribution < 1.29 is 38.2 Å². The molecule has 2 heterocycles. The molecule has 2 aromatic carbocycles. The van der Waals surface area contributed by atoms with E-state index in [1.165, 1.54) is 25.3 Å². The second kappa shape index (κ2) is 9.79. The van der Waals surface area contributed by atoms with Gasteiger partial charge in [0.25, 0.3) is 11.8 Å². The number of furan rings is 1. The number of anilines is 1. The molecule has 0 unspecified atom stereocenters. The average molecular weight is 490 g/mol. The Bertz CT molecular complexity index is 1400. The zero-order valence-electron chi connectivity index (χ0n) is 19.7. The second-order valence-corrected chi connectivity index (χ2v) is 8.07. The number of methoxy groups -OCH3 is 1. The van der Waals surface area contributed by atoms with Crippen LogP contribution in [-0.4, -0.2) is 36.0 Å². The van der Waals surface area contributed by atoms with Gasteiger partial charge in [-0.25, -0.2) is 14.5 Å². The van der Waals surface area contributed by atoms with Gasteiger partial charge in [0, 0.05) is 0 Å². The predicted octanol–water partition coefficient (Wildman–Crippen LogP) is 3.85. The SMILES string of the molecule is COc1cc(C=C2C(=O)NC(=O)N(c3cc(C)cc(C)c3)C2=O)ccc1OCc1ccc(C(=O)O)o1. The van der Waals surface area contributed by atoms with Crippen LogP contribution < -0.4 is 19.7 Å². The molecule has 1 saturated heterocycles. The summed E-state index contributed by atoms with van der Waals surface area (Å²) >= 11 is 0. The normalized spacial score (nSPS) is 14.7. The summed E-state index contributed by atoms with van der Waals surface area (Å²) in [6.07, 6.45) is 1.36. The highest BCUT2D eigenvalue weighted by molar-refractivity contribution is 6.39. The number of nitrogens with one attached hydrogen (secondary N) is 1. The number of imide groups is 2. The van der Waals surface area contributed by atoms with E-state index in [1.807, 2.05) is 19.9 Å². The number of carboxylic acid groups (broad SMARTS) is 1. The quantitative estimate of drug-likeness (QED) is 0.377. The molecule has 0 atom stereocenters. The van der Waals surface area contributed by atoms with Crippen molar-refractivity contribution in [3.05, 3.63) is 82.3 Å². The van der Waals surface area contributed by atoms with Crippen LogP contribution in [0.15, 0.2) is 58.5 Å². The summed E-state index contributed by atoms with van der Waals surface area (Å²) in [7, 11) is 1.42. The lowest BCUT2D eigenvalue weighted by molar-refractivity contribution is -0.122. The van der Waals surface area contributed by atoms with Crippen LogP contribution in [0, 0.1) is 13.8 Å². The van der Waals surface area contributed by atoms with Crippen LogP contribution in [-0.2, 0) is 16.2 Å². The van der Waals surface area contributed by atoms with Crippen LogP contribution in [0.5, 0.6) is 11.5 Å². The number of rotatable bonds is 7. The summed E-state index contributed by atoms with van der Waals surface area (Å²) < 4.78 is 16.2. The first-order valence-electron chi connectivity index (χ1n) is 10.8. The number of barbiturate groups is 1. The van der Waals surface area contributed by atoms with Crippen LogP contribution >= 0.6 is 0 Å². The monoisotopic (exact) mass is 490 g/mol. The van der Waals surface area contributed by atoms with Gasteiger partial charge in [-0.05, 0) is 73.0 Å². The molecule has 4 rings (SSSR count).